The monoisotopic (exact) mass is 427 g/mol. The summed E-state index contributed by atoms with van der Waals surface area (Å²) < 4.78 is 6.16. The minimum atomic E-state index is -0.0743. The van der Waals surface area contributed by atoms with Crippen LogP contribution in [0, 0.1) is 0 Å². The second-order valence-electron chi connectivity index (χ2n) is 8.18. The van der Waals surface area contributed by atoms with Crippen LogP contribution in [0.3, 0.4) is 0 Å². The molecule has 1 fully saturated rings. The van der Waals surface area contributed by atoms with E-state index in [0.717, 1.165) is 11.1 Å². The molecule has 2 aliphatic heterocycles. The largest absolute Gasteiger partial charge is 0.490 e. The van der Waals surface area contributed by atoms with Crippen molar-refractivity contribution in [1.82, 2.24) is 9.80 Å². The molecule has 3 aromatic rings. The Morgan fingerprint density at radius 3 is 2.44 bits per heavy atom. The minimum Gasteiger partial charge on any atom is -0.490 e. The fraction of sp³-hybridized carbons (Fsp3) is 0.231. The van der Waals surface area contributed by atoms with Gasteiger partial charge in [-0.15, -0.1) is 0 Å². The lowest BCUT2D eigenvalue weighted by atomic mass is 10.0. The highest BCUT2D eigenvalue weighted by atomic mass is 16.5. The fourth-order valence-corrected chi connectivity index (χ4v) is 4.33. The summed E-state index contributed by atoms with van der Waals surface area (Å²) in [6.45, 7) is 2.42. The van der Waals surface area contributed by atoms with Gasteiger partial charge >= 0.3 is 0 Å². The second-order valence-corrected chi connectivity index (χ2v) is 8.18. The summed E-state index contributed by atoms with van der Waals surface area (Å²) in [4.78, 5) is 29.7. The molecule has 0 aliphatic carbocycles. The van der Waals surface area contributed by atoms with Gasteiger partial charge in [0.25, 0.3) is 5.91 Å². The number of benzene rings is 3. The van der Waals surface area contributed by atoms with Crippen molar-refractivity contribution in [3.05, 3.63) is 84.4 Å². The van der Waals surface area contributed by atoms with E-state index in [9.17, 15) is 9.59 Å². The first kappa shape index (κ1) is 20.3. The first-order valence-corrected chi connectivity index (χ1v) is 10.9. The molecule has 0 radical (unpaired) electrons. The molecular weight excluding hydrogens is 402 g/mol. The standard InChI is InChI=1S/C26H25N3O3/c30-25-17-28-13-14-29(26(31)20-9-5-2-6-10-20)16-22(28)18-32-24-12-11-21(15-23(24)27-25)19-7-3-1-4-8-19/h1-12,15,22H,13-14,16-18H2,(H,27,30)/t22-/m0/s1. The summed E-state index contributed by atoms with van der Waals surface area (Å²) in [6, 6.07) is 25.2. The number of piperazine rings is 1. The van der Waals surface area contributed by atoms with E-state index in [1.807, 2.05) is 83.8 Å². The molecule has 2 heterocycles. The SMILES string of the molecule is O=C1CN2CCN(C(=O)c3ccccc3)C[C@H]2COc2ccc(-c3ccccc3)cc2N1. The maximum absolute atomic E-state index is 12.9. The predicted molar refractivity (Wildman–Crippen MR) is 124 cm³/mol. The van der Waals surface area contributed by atoms with Crippen molar-refractivity contribution in [2.75, 3.05) is 38.1 Å². The molecule has 6 nitrogen and oxygen atoms in total. The Labute approximate surface area is 187 Å². The first-order chi connectivity index (χ1) is 15.7. The molecule has 0 bridgehead atoms. The van der Waals surface area contributed by atoms with Crippen LogP contribution in [0.25, 0.3) is 11.1 Å². The van der Waals surface area contributed by atoms with Gasteiger partial charge in [0.1, 0.15) is 12.4 Å². The Hall–Kier alpha value is -3.64. The maximum Gasteiger partial charge on any atom is 0.253 e. The van der Waals surface area contributed by atoms with Gasteiger partial charge in [-0.05, 0) is 35.4 Å². The van der Waals surface area contributed by atoms with Crippen molar-refractivity contribution < 1.29 is 14.3 Å². The maximum atomic E-state index is 12.9. The van der Waals surface area contributed by atoms with Crippen molar-refractivity contribution in [2.24, 2.45) is 0 Å². The Morgan fingerprint density at radius 2 is 1.66 bits per heavy atom. The number of fused-ring (bicyclic) bond motifs is 2. The van der Waals surface area contributed by atoms with E-state index in [4.69, 9.17) is 4.74 Å². The lowest BCUT2D eigenvalue weighted by Gasteiger charge is -2.40. The van der Waals surface area contributed by atoms with Crippen LogP contribution in [0.2, 0.25) is 0 Å². The van der Waals surface area contributed by atoms with Crippen molar-refractivity contribution in [3.63, 3.8) is 0 Å². The smallest absolute Gasteiger partial charge is 0.253 e. The molecule has 162 valence electrons. The molecule has 1 atom stereocenters. The summed E-state index contributed by atoms with van der Waals surface area (Å²) in [5, 5.41) is 3.02. The number of nitrogens with zero attached hydrogens (tertiary/aromatic N) is 2. The highest BCUT2D eigenvalue weighted by Gasteiger charge is 2.32. The van der Waals surface area contributed by atoms with Gasteiger partial charge in [-0.3, -0.25) is 14.5 Å². The average Bonchev–Trinajstić information content (AvgIpc) is 2.90. The predicted octanol–water partition coefficient (Wildman–Crippen LogP) is 3.51. The Morgan fingerprint density at radius 1 is 0.906 bits per heavy atom. The van der Waals surface area contributed by atoms with E-state index in [1.165, 1.54) is 0 Å². The van der Waals surface area contributed by atoms with Crippen molar-refractivity contribution in [1.29, 1.82) is 0 Å². The van der Waals surface area contributed by atoms with Crippen LogP contribution in [0.5, 0.6) is 5.75 Å². The van der Waals surface area contributed by atoms with Gasteiger partial charge in [-0.1, -0.05) is 54.6 Å². The zero-order valence-corrected chi connectivity index (χ0v) is 17.7. The number of nitrogens with one attached hydrogen (secondary N) is 1. The lowest BCUT2D eigenvalue weighted by Crippen LogP contribution is -2.57. The summed E-state index contributed by atoms with van der Waals surface area (Å²) in [5.74, 6) is 0.587. The molecule has 2 amide bonds. The number of rotatable bonds is 2. The molecule has 5 rings (SSSR count). The molecular formula is C26H25N3O3. The Bertz CT molecular complexity index is 1120. The van der Waals surface area contributed by atoms with Gasteiger partial charge < -0.3 is 15.0 Å². The van der Waals surface area contributed by atoms with E-state index in [1.54, 1.807) is 0 Å². The molecule has 3 aromatic carbocycles. The van der Waals surface area contributed by atoms with Crippen LogP contribution in [0.15, 0.2) is 78.9 Å². The number of hydrogen-bond acceptors (Lipinski definition) is 4. The quantitative estimate of drug-likeness (QED) is 0.680. The van der Waals surface area contributed by atoms with Gasteiger partial charge in [0.15, 0.2) is 0 Å². The van der Waals surface area contributed by atoms with Crippen LogP contribution >= 0.6 is 0 Å². The number of ether oxygens (including phenoxy) is 1. The van der Waals surface area contributed by atoms with Gasteiger partial charge in [0, 0.05) is 25.2 Å². The van der Waals surface area contributed by atoms with Crippen molar-refractivity contribution in [2.45, 2.75) is 6.04 Å². The minimum absolute atomic E-state index is 0.0162. The van der Waals surface area contributed by atoms with Crippen LogP contribution in [-0.2, 0) is 4.79 Å². The number of hydrogen-bond donors (Lipinski definition) is 1. The number of anilines is 1. The van der Waals surface area contributed by atoms with Gasteiger partial charge in [0.2, 0.25) is 5.91 Å². The molecule has 0 saturated carbocycles. The van der Waals surface area contributed by atoms with Crippen molar-refractivity contribution in [3.8, 4) is 16.9 Å². The summed E-state index contributed by atoms with van der Waals surface area (Å²) >= 11 is 0. The number of amides is 2. The number of carbonyl (C=O) groups excluding carboxylic acids is 2. The summed E-state index contributed by atoms with van der Waals surface area (Å²) in [6.07, 6.45) is 0. The Balaban J connectivity index is 1.36. The average molecular weight is 428 g/mol. The molecule has 0 aromatic heterocycles. The second kappa shape index (κ2) is 8.85. The summed E-state index contributed by atoms with van der Waals surface area (Å²) in [7, 11) is 0. The van der Waals surface area contributed by atoms with Gasteiger partial charge in [0.05, 0.1) is 18.3 Å². The third kappa shape index (κ3) is 4.22. The van der Waals surface area contributed by atoms with E-state index in [-0.39, 0.29) is 24.4 Å². The third-order valence-electron chi connectivity index (χ3n) is 6.05. The lowest BCUT2D eigenvalue weighted by molar-refractivity contribution is -0.118. The van der Waals surface area contributed by atoms with Crippen LogP contribution in [0.4, 0.5) is 5.69 Å². The molecule has 6 heteroatoms. The van der Waals surface area contributed by atoms with Gasteiger partial charge in [-0.2, -0.15) is 0 Å². The van der Waals surface area contributed by atoms with E-state index in [2.05, 4.69) is 10.2 Å². The van der Waals surface area contributed by atoms with Crippen LogP contribution in [0.1, 0.15) is 10.4 Å². The fourth-order valence-electron chi connectivity index (χ4n) is 4.33. The topological polar surface area (TPSA) is 61.9 Å². The Kier molecular flexibility index (Phi) is 5.60. The van der Waals surface area contributed by atoms with E-state index < -0.39 is 0 Å². The van der Waals surface area contributed by atoms with E-state index in [0.29, 0.717) is 43.2 Å². The first-order valence-electron chi connectivity index (χ1n) is 10.9. The van der Waals surface area contributed by atoms with Gasteiger partial charge in [-0.25, -0.2) is 0 Å². The van der Waals surface area contributed by atoms with Crippen molar-refractivity contribution >= 4 is 17.5 Å². The molecule has 0 spiro atoms. The molecule has 1 N–H and O–H groups in total. The highest BCUT2D eigenvalue weighted by molar-refractivity contribution is 5.95. The molecule has 32 heavy (non-hydrogen) atoms. The molecule has 2 aliphatic rings. The third-order valence-corrected chi connectivity index (χ3v) is 6.05. The zero-order chi connectivity index (χ0) is 21.9. The van der Waals surface area contributed by atoms with E-state index >= 15 is 0 Å². The molecule has 0 unspecified atom stereocenters. The summed E-state index contributed by atoms with van der Waals surface area (Å²) in [5.41, 5.74) is 3.46. The van der Waals surface area contributed by atoms with Crippen LogP contribution < -0.4 is 10.1 Å². The zero-order valence-electron chi connectivity index (χ0n) is 17.7. The molecule has 1 saturated heterocycles. The highest BCUT2D eigenvalue weighted by Crippen LogP contribution is 2.32. The number of carbonyl (C=O) groups is 2. The van der Waals surface area contributed by atoms with Crippen LogP contribution in [-0.4, -0.2) is 60.4 Å². The normalized spacial score (nSPS) is 18.8.